The van der Waals surface area contributed by atoms with Gasteiger partial charge < -0.3 is 5.32 Å². The van der Waals surface area contributed by atoms with Crippen molar-refractivity contribution in [3.8, 4) is 0 Å². The molecule has 18 heavy (non-hydrogen) atoms. The van der Waals surface area contributed by atoms with Crippen molar-refractivity contribution in [1.29, 1.82) is 0 Å². The first-order valence-corrected chi connectivity index (χ1v) is 6.37. The van der Waals surface area contributed by atoms with Crippen molar-refractivity contribution in [2.75, 3.05) is 5.32 Å². The zero-order valence-electron chi connectivity index (χ0n) is 10.1. The Morgan fingerprint density at radius 2 is 1.72 bits per heavy atom. The molecule has 0 spiro atoms. The molecule has 0 aliphatic carbocycles. The fraction of sp³-hybridized carbons (Fsp3) is 0.231. The van der Waals surface area contributed by atoms with Crippen molar-refractivity contribution in [1.82, 2.24) is 10.2 Å². The summed E-state index contributed by atoms with van der Waals surface area (Å²) in [5.41, 5.74) is 2.87. The molecule has 0 aliphatic rings. The van der Waals surface area contributed by atoms with Gasteiger partial charge in [-0.3, -0.25) is 0 Å². The standard InChI is InChI=1S/C13H13Cl2N3/c1-8(2)9-3-5-10(6-4-9)16-11-7-12(14)17-18-13(11)15/h3-8H,1-2H3,(H,16,17). The second-order valence-electron chi connectivity index (χ2n) is 4.27. The Balaban J connectivity index is 2.21. The Labute approximate surface area is 116 Å². The van der Waals surface area contributed by atoms with Crippen molar-refractivity contribution in [3.63, 3.8) is 0 Å². The van der Waals surface area contributed by atoms with Crippen LogP contribution in [0.15, 0.2) is 30.3 Å². The normalized spacial score (nSPS) is 10.7. The molecule has 0 saturated carbocycles. The van der Waals surface area contributed by atoms with Crippen molar-refractivity contribution in [2.45, 2.75) is 19.8 Å². The van der Waals surface area contributed by atoms with Gasteiger partial charge in [0.1, 0.15) is 0 Å². The summed E-state index contributed by atoms with van der Waals surface area (Å²) in [6.45, 7) is 4.32. The Kier molecular flexibility index (Phi) is 4.04. The highest BCUT2D eigenvalue weighted by atomic mass is 35.5. The fourth-order valence-corrected chi connectivity index (χ4v) is 1.83. The first kappa shape index (κ1) is 13.1. The minimum absolute atomic E-state index is 0.298. The molecule has 0 bridgehead atoms. The Morgan fingerprint density at radius 1 is 1.06 bits per heavy atom. The number of anilines is 2. The van der Waals surface area contributed by atoms with Crippen LogP contribution < -0.4 is 5.32 Å². The lowest BCUT2D eigenvalue weighted by Gasteiger charge is -2.09. The number of rotatable bonds is 3. The van der Waals surface area contributed by atoms with Crippen molar-refractivity contribution in [3.05, 3.63) is 46.2 Å². The number of hydrogen-bond donors (Lipinski definition) is 1. The number of halogens is 2. The quantitative estimate of drug-likeness (QED) is 0.890. The maximum absolute atomic E-state index is 5.93. The van der Waals surface area contributed by atoms with Crippen LogP contribution in [0, 0.1) is 0 Å². The summed E-state index contributed by atoms with van der Waals surface area (Å²) >= 11 is 11.7. The van der Waals surface area contributed by atoms with E-state index in [1.54, 1.807) is 6.07 Å². The molecule has 5 heteroatoms. The zero-order valence-corrected chi connectivity index (χ0v) is 11.6. The Bertz CT molecular complexity index is 538. The summed E-state index contributed by atoms with van der Waals surface area (Å²) in [6, 6.07) is 9.81. The summed E-state index contributed by atoms with van der Waals surface area (Å²) in [4.78, 5) is 0. The molecule has 0 radical (unpaired) electrons. The van der Waals surface area contributed by atoms with Gasteiger partial charge in [-0.05, 0) is 23.6 Å². The van der Waals surface area contributed by atoms with E-state index in [0.717, 1.165) is 5.69 Å². The van der Waals surface area contributed by atoms with Crippen LogP contribution in [-0.4, -0.2) is 10.2 Å². The highest BCUT2D eigenvalue weighted by Gasteiger charge is 2.05. The van der Waals surface area contributed by atoms with Gasteiger partial charge in [0.05, 0.1) is 5.69 Å². The molecule has 0 aliphatic heterocycles. The number of nitrogens with zero attached hydrogens (tertiary/aromatic N) is 2. The van der Waals surface area contributed by atoms with Crippen LogP contribution in [-0.2, 0) is 0 Å². The molecule has 1 heterocycles. The number of nitrogens with one attached hydrogen (secondary N) is 1. The summed E-state index contributed by atoms with van der Waals surface area (Å²) < 4.78 is 0. The van der Waals surface area contributed by atoms with E-state index in [0.29, 0.717) is 21.9 Å². The Morgan fingerprint density at radius 3 is 2.33 bits per heavy atom. The van der Waals surface area contributed by atoms with E-state index in [9.17, 15) is 0 Å². The van der Waals surface area contributed by atoms with Crippen LogP contribution in [0.1, 0.15) is 25.3 Å². The van der Waals surface area contributed by atoms with Gasteiger partial charge in [0.2, 0.25) is 0 Å². The highest BCUT2D eigenvalue weighted by Crippen LogP contribution is 2.26. The van der Waals surface area contributed by atoms with Crippen molar-refractivity contribution < 1.29 is 0 Å². The second-order valence-corrected chi connectivity index (χ2v) is 5.02. The smallest absolute Gasteiger partial charge is 0.175 e. The van der Waals surface area contributed by atoms with E-state index in [2.05, 4.69) is 41.5 Å². The SMILES string of the molecule is CC(C)c1ccc(Nc2cc(Cl)nnc2Cl)cc1. The van der Waals surface area contributed by atoms with Crippen LogP contribution in [0.4, 0.5) is 11.4 Å². The lowest BCUT2D eigenvalue weighted by molar-refractivity contribution is 0.867. The third kappa shape index (κ3) is 3.12. The molecule has 0 amide bonds. The second kappa shape index (κ2) is 5.55. The molecule has 1 aromatic carbocycles. The minimum Gasteiger partial charge on any atom is -0.353 e. The molecule has 0 fully saturated rings. The number of benzene rings is 1. The largest absolute Gasteiger partial charge is 0.353 e. The summed E-state index contributed by atoms with van der Waals surface area (Å²) in [6.07, 6.45) is 0. The summed E-state index contributed by atoms with van der Waals surface area (Å²) in [5, 5.41) is 11.2. The Hall–Kier alpha value is -1.32. The van der Waals surface area contributed by atoms with Gasteiger partial charge >= 0.3 is 0 Å². The maximum atomic E-state index is 5.93. The van der Waals surface area contributed by atoms with Crippen LogP contribution in [0.2, 0.25) is 10.3 Å². The number of aromatic nitrogens is 2. The van der Waals surface area contributed by atoms with Gasteiger partial charge in [-0.15, -0.1) is 10.2 Å². The maximum Gasteiger partial charge on any atom is 0.175 e. The summed E-state index contributed by atoms with van der Waals surface area (Å²) in [7, 11) is 0. The average molecular weight is 282 g/mol. The van der Waals surface area contributed by atoms with Gasteiger partial charge in [-0.1, -0.05) is 49.2 Å². The average Bonchev–Trinajstić information content (AvgIpc) is 2.34. The van der Waals surface area contributed by atoms with Gasteiger partial charge in [0, 0.05) is 11.8 Å². The van der Waals surface area contributed by atoms with Gasteiger partial charge in [0.15, 0.2) is 10.3 Å². The molecule has 0 saturated heterocycles. The predicted octanol–water partition coefficient (Wildman–Crippen LogP) is 4.65. The molecular weight excluding hydrogens is 269 g/mol. The highest BCUT2D eigenvalue weighted by molar-refractivity contribution is 6.33. The third-order valence-corrected chi connectivity index (χ3v) is 3.04. The van der Waals surface area contributed by atoms with Gasteiger partial charge in [0.25, 0.3) is 0 Å². The molecule has 1 N–H and O–H groups in total. The first-order valence-electron chi connectivity index (χ1n) is 5.62. The third-order valence-electron chi connectivity index (χ3n) is 2.58. The van der Waals surface area contributed by atoms with Crippen molar-refractivity contribution >= 4 is 34.6 Å². The predicted molar refractivity (Wildman–Crippen MR) is 75.9 cm³/mol. The van der Waals surface area contributed by atoms with Crippen molar-refractivity contribution in [2.24, 2.45) is 0 Å². The monoisotopic (exact) mass is 281 g/mol. The van der Waals surface area contributed by atoms with E-state index < -0.39 is 0 Å². The van der Waals surface area contributed by atoms with Gasteiger partial charge in [-0.25, -0.2) is 0 Å². The lowest BCUT2D eigenvalue weighted by Crippen LogP contribution is -1.95. The molecule has 0 atom stereocenters. The molecule has 3 nitrogen and oxygen atoms in total. The van der Waals surface area contributed by atoms with Gasteiger partial charge in [-0.2, -0.15) is 0 Å². The topological polar surface area (TPSA) is 37.8 Å². The molecule has 0 unspecified atom stereocenters. The van der Waals surface area contributed by atoms with Crippen LogP contribution in [0.5, 0.6) is 0 Å². The lowest BCUT2D eigenvalue weighted by atomic mass is 10.0. The van der Waals surface area contributed by atoms with E-state index in [1.807, 2.05) is 12.1 Å². The number of hydrogen-bond acceptors (Lipinski definition) is 3. The van der Waals surface area contributed by atoms with Crippen LogP contribution in [0.3, 0.4) is 0 Å². The van der Waals surface area contributed by atoms with E-state index in [1.165, 1.54) is 5.56 Å². The molecule has 94 valence electrons. The first-order chi connectivity index (χ1) is 8.56. The minimum atomic E-state index is 0.298. The summed E-state index contributed by atoms with van der Waals surface area (Å²) in [5.74, 6) is 0.514. The molecular formula is C13H13Cl2N3. The van der Waals surface area contributed by atoms with E-state index in [4.69, 9.17) is 23.2 Å². The van der Waals surface area contributed by atoms with Crippen LogP contribution in [0.25, 0.3) is 0 Å². The van der Waals surface area contributed by atoms with E-state index >= 15 is 0 Å². The van der Waals surface area contributed by atoms with Crippen LogP contribution >= 0.6 is 23.2 Å². The van der Waals surface area contributed by atoms with E-state index in [-0.39, 0.29) is 0 Å². The molecule has 1 aromatic heterocycles. The fourth-order valence-electron chi connectivity index (χ4n) is 1.55. The molecule has 2 aromatic rings. The molecule has 2 rings (SSSR count). The zero-order chi connectivity index (χ0) is 13.1.